The van der Waals surface area contributed by atoms with E-state index >= 15 is 0 Å². The van der Waals surface area contributed by atoms with E-state index in [1.807, 2.05) is 13.1 Å². The van der Waals surface area contributed by atoms with E-state index in [9.17, 15) is 38.2 Å². The van der Waals surface area contributed by atoms with Crippen LogP contribution < -0.4 is 20.6 Å². The van der Waals surface area contributed by atoms with E-state index in [1.165, 1.54) is 38.1 Å². The predicted molar refractivity (Wildman–Crippen MR) is 291 cm³/mol. The third kappa shape index (κ3) is 18.2. The van der Waals surface area contributed by atoms with Crippen molar-refractivity contribution in [2.24, 2.45) is 11.8 Å². The lowest BCUT2D eigenvalue weighted by Crippen LogP contribution is -2.47. The Morgan fingerprint density at radius 3 is 1.53 bits per heavy atom. The second kappa shape index (κ2) is 26.7. The zero-order chi connectivity index (χ0) is 56.1. The fourth-order valence-electron chi connectivity index (χ4n) is 5.99. The molecule has 4 aromatic rings. The summed E-state index contributed by atoms with van der Waals surface area (Å²) >= 11 is 18.5. The summed E-state index contributed by atoms with van der Waals surface area (Å²) in [4.78, 5) is 56.7. The van der Waals surface area contributed by atoms with Crippen LogP contribution in [0.5, 0.6) is 11.5 Å². The first-order valence-corrected chi connectivity index (χ1v) is 30.9. The third-order valence-corrected chi connectivity index (χ3v) is 23.6. The lowest BCUT2D eigenvalue weighted by atomic mass is 9.91. The SMILES string of the molecule is CC(C)(C)[Si](C)(C)Cl.[C-]#[N+]c1ccc(C[C@@H](C(=O)NCC(=O)c2ccc(O[Si](C)(C)C(C)(C)C)c(F)c2)[C@H](C)O)c(C)c1Cl.[C-]#[N+]c1ccc(C[C@@H](C(=O)NNC(=O)c2ccc(O)c(F)c2)[C@H](C)O)c(C)c1Cl. The van der Waals surface area contributed by atoms with Gasteiger partial charge in [-0.05, 0) is 122 Å². The minimum atomic E-state index is -2.25. The molecule has 20 heteroatoms. The Labute approximate surface area is 445 Å². The molecule has 0 radical (unpaired) electrons. The van der Waals surface area contributed by atoms with Crippen LogP contribution in [0.25, 0.3) is 9.69 Å². The zero-order valence-electron chi connectivity index (χ0n) is 43.9. The van der Waals surface area contributed by atoms with Gasteiger partial charge < -0.3 is 25.1 Å². The number of nitrogens with zero attached hydrogens (tertiary/aromatic N) is 2. The number of benzene rings is 4. The van der Waals surface area contributed by atoms with Crippen molar-refractivity contribution in [2.75, 3.05) is 6.54 Å². The first-order valence-electron chi connectivity index (χ1n) is 23.2. The first-order chi connectivity index (χ1) is 33.5. The molecule has 0 fully saturated rings. The van der Waals surface area contributed by atoms with Gasteiger partial charge in [-0.2, -0.15) is 11.1 Å². The summed E-state index contributed by atoms with van der Waals surface area (Å²) in [6.07, 6.45) is -1.74. The van der Waals surface area contributed by atoms with Gasteiger partial charge in [-0.15, -0.1) is 0 Å². The molecule has 0 unspecified atom stereocenters. The zero-order valence-corrected chi connectivity index (χ0v) is 48.1. The molecular formula is C53H68Cl3F2N5O8Si2. The topological polar surface area (TPSA) is 183 Å². The normalized spacial score (nSPS) is 13.2. The Balaban J connectivity index is 0.000000441. The smallest absolute Gasteiger partial charge is 0.269 e. The maximum atomic E-state index is 14.7. The molecule has 4 atom stereocenters. The van der Waals surface area contributed by atoms with Gasteiger partial charge in [0.2, 0.25) is 23.2 Å². The largest absolute Gasteiger partial charge is 0.542 e. The molecule has 0 saturated carbocycles. The summed E-state index contributed by atoms with van der Waals surface area (Å²) in [5.74, 6) is -6.28. The number of nitrogens with one attached hydrogen (secondary N) is 3. The van der Waals surface area contributed by atoms with E-state index in [1.54, 1.807) is 32.0 Å². The Hall–Kier alpha value is -5.38. The maximum absolute atomic E-state index is 14.7. The molecule has 0 spiro atoms. The minimum absolute atomic E-state index is 0.105. The second-order valence-electron chi connectivity index (χ2n) is 20.7. The van der Waals surface area contributed by atoms with Crippen LogP contribution in [-0.2, 0) is 22.4 Å². The highest BCUT2D eigenvalue weighted by molar-refractivity contribution is 7.20. The summed E-state index contributed by atoms with van der Waals surface area (Å²) < 4.78 is 34.1. The first kappa shape index (κ1) is 63.7. The predicted octanol–water partition coefficient (Wildman–Crippen LogP) is 12.5. The molecule has 13 nitrogen and oxygen atoms in total. The van der Waals surface area contributed by atoms with E-state index in [0.29, 0.717) is 38.1 Å². The molecule has 73 heavy (non-hydrogen) atoms. The summed E-state index contributed by atoms with van der Waals surface area (Å²) in [6, 6.07) is 13.6. The number of carbonyl (C=O) groups excluding carboxylic acids is 4. The number of amides is 3. The standard InChI is InChI=1S/C27H34ClFN2O4Si.C20H19ClFN3O4.C6H15ClSi/c1-16-18(9-11-22(30-6)25(16)28)13-20(17(2)32)26(34)31-15-23(33)19-10-12-24(21(29)14-19)35-36(7,8)27(3,4)5;1-10-12(4-6-16(23-3)18(10)21)8-14(11(2)26)20(29)25-24-19(28)13-5-7-17(27)15(22)9-13;1-6(2,3)8(4,5)7/h9-12,14,17,20,32H,13,15H2,1-5,7-8H3,(H,31,34);4-7,9,11,14,26-27H,8H2,1-2H3,(H,24,28)(H,25,29);1-5H3/t17-,20+;11-,14+;/m00./s1. The molecule has 0 aliphatic rings. The number of hydrogen-bond acceptors (Lipinski definition) is 8. The number of aliphatic hydroxyl groups excluding tert-OH is 2. The van der Waals surface area contributed by atoms with Gasteiger partial charge in [0.05, 0.1) is 53.8 Å². The van der Waals surface area contributed by atoms with Crippen molar-refractivity contribution in [3.05, 3.63) is 139 Å². The van der Waals surface area contributed by atoms with Crippen molar-refractivity contribution in [1.82, 2.24) is 16.2 Å². The molecular weight excluding hydrogens is 1040 g/mol. The van der Waals surface area contributed by atoms with Crippen LogP contribution >= 0.6 is 34.3 Å². The van der Waals surface area contributed by atoms with Crippen LogP contribution in [0.1, 0.15) is 98.4 Å². The average molecular weight is 1100 g/mol. The maximum Gasteiger partial charge on any atom is 0.269 e. The molecule has 0 heterocycles. The van der Waals surface area contributed by atoms with E-state index in [-0.39, 0.29) is 46.3 Å². The van der Waals surface area contributed by atoms with E-state index in [2.05, 4.69) is 80.5 Å². The summed E-state index contributed by atoms with van der Waals surface area (Å²) in [5.41, 5.74) is 7.66. The van der Waals surface area contributed by atoms with Gasteiger partial charge in [0.25, 0.3) is 14.2 Å². The molecule has 3 amide bonds. The summed E-state index contributed by atoms with van der Waals surface area (Å²) in [7, 11) is -3.64. The molecule has 0 saturated heterocycles. The Bertz CT molecular complexity index is 2710. The van der Waals surface area contributed by atoms with Crippen molar-refractivity contribution in [3.63, 3.8) is 0 Å². The number of aliphatic hydroxyl groups is 2. The fraction of sp³-hybridized carbons (Fsp3) is 0.434. The van der Waals surface area contributed by atoms with Crippen molar-refractivity contribution >= 4 is 84.9 Å². The van der Waals surface area contributed by atoms with Crippen LogP contribution in [0.15, 0.2) is 60.7 Å². The lowest BCUT2D eigenvalue weighted by molar-refractivity contribution is -0.129. The van der Waals surface area contributed by atoms with E-state index in [0.717, 1.165) is 23.8 Å². The Morgan fingerprint density at radius 1 is 0.699 bits per heavy atom. The minimum Gasteiger partial charge on any atom is -0.542 e. The van der Waals surface area contributed by atoms with Crippen molar-refractivity contribution in [1.29, 1.82) is 0 Å². The van der Waals surface area contributed by atoms with Gasteiger partial charge in [-0.3, -0.25) is 30.0 Å². The number of ketones is 1. The van der Waals surface area contributed by atoms with E-state index < -0.39 is 80.6 Å². The van der Waals surface area contributed by atoms with Crippen LogP contribution in [0.2, 0.25) is 46.3 Å². The quantitative estimate of drug-likeness (QED) is 0.0237. The monoisotopic (exact) mass is 1100 g/mol. The van der Waals surface area contributed by atoms with Gasteiger partial charge in [-0.25, -0.2) is 18.5 Å². The summed E-state index contributed by atoms with van der Waals surface area (Å²) in [6.45, 7) is 41.4. The van der Waals surface area contributed by atoms with Crippen LogP contribution in [0, 0.1) is 50.5 Å². The molecule has 0 aliphatic carbocycles. The third-order valence-electron chi connectivity index (χ3n) is 13.1. The van der Waals surface area contributed by atoms with Crippen molar-refractivity contribution in [2.45, 2.75) is 131 Å². The molecule has 396 valence electrons. The van der Waals surface area contributed by atoms with Gasteiger partial charge in [0.1, 0.15) is 5.75 Å². The fourth-order valence-corrected chi connectivity index (χ4v) is 7.47. The number of hydrazine groups is 1. The number of Topliss-reactive ketones (excluding diaryl/α,β-unsaturated/α-hetero) is 1. The summed E-state index contributed by atoms with van der Waals surface area (Å²) in [5, 5.41) is 32.8. The number of hydrogen-bond donors (Lipinski definition) is 6. The van der Waals surface area contributed by atoms with Gasteiger partial charge in [0.15, 0.2) is 30.6 Å². The molecule has 0 bridgehead atoms. The molecule has 6 N–H and O–H groups in total. The van der Waals surface area contributed by atoms with Gasteiger partial charge >= 0.3 is 0 Å². The molecule has 0 aromatic heterocycles. The Morgan fingerprint density at radius 2 is 1.14 bits per heavy atom. The van der Waals surface area contributed by atoms with Crippen molar-refractivity contribution in [3.8, 4) is 11.5 Å². The number of phenolic OH excluding ortho intramolecular Hbond substituents is 1. The Kier molecular flexibility index (Phi) is 23.3. The van der Waals surface area contributed by atoms with Crippen LogP contribution in [0.4, 0.5) is 20.2 Å². The molecule has 4 aromatic carbocycles. The average Bonchev–Trinajstić information content (AvgIpc) is 3.28. The highest BCUT2D eigenvalue weighted by Gasteiger charge is 2.40. The van der Waals surface area contributed by atoms with E-state index in [4.69, 9.17) is 57.0 Å². The number of rotatable bonds is 14. The molecule has 0 aliphatic heterocycles. The second-order valence-corrected chi connectivity index (χ2v) is 33.4. The number of aromatic hydroxyl groups is 1. The van der Waals surface area contributed by atoms with Crippen LogP contribution in [-0.4, -0.2) is 73.3 Å². The van der Waals surface area contributed by atoms with Gasteiger partial charge in [0, 0.05) is 11.1 Å². The number of carbonyl (C=O) groups is 4. The lowest BCUT2D eigenvalue weighted by Gasteiger charge is -2.36. The van der Waals surface area contributed by atoms with Crippen LogP contribution in [0.3, 0.4) is 0 Å². The highest BCUT2D eigenvalue weighted by Crippen LogP contribution is 2.39. The van der Waals surface area contributed by atoms with Gasteiger partial charge in [-0.1, -0.05) is 102 Å². The number of halogens is 5. The highest BCUT2D eigenvalue weighted by atomic mass is 35.6. The number of phenols is 1. The van der Waals surface area contributed by atoms with Crippen molar-refractivity contribution < 1.29 is 47.7 Å². The molecule has 4 rings (SSSR count).